The largest absolute Gasteiger partial charge is 0.508 e. The predicted octanol–water partition coefficient (Wildman–Crippen LogP) is 3.50. The summed E-state index contributed by atoms with van der Waals surface area (Å²) < 4.78 is 1.61. The second kappa shape index (κ2) is 5.86. The van der Waals surface area contributed by atoms with Gasteiger partial charge >= 0.3 is 0 Å². The van der Waals surface area contributed by atoms with Crippen LogP contribution in [-0.4, -0.2) is 14.7 Å². The Morgan fingerprint density at radius 1 is 1.17 bits per heavy atom. The number of aromatic hydroxyl groups is 1. The second-order valence-electron chi connectivity index (χ2n) is 6.06. The van der Waals surface area contributed by atoms with Crippen LogP contribution in [0.4, 0.5) is 0 Å². The highest BCUT2D eigenvalue weighted by Crippen LogP contribution is 2.25. The van der Waals surface area contributed by atoms with Crippen molar-refractivity contribution in [3.05, 3.63) is 63.7 Å². The molecule has 0 fully saturated rings. The minimum atomic E-state index is -0.153. The Labute approximate surface area is 140 Å². The summed E-state index contributed by atoms with van der Waals surface area (Å²) in [4.78, 5) is 17.8. The van der Waals surface area contributed by atoms with Crippen molar-refractivity contribution in [2.45, 2.75) is 26.7 Å². The third-order valence-corrected chi connectivity index (χ3v) is 4.10. The van der Waals surface area contributed by atoms with Gasteiger partial charge in [0.25, 0.3) is 5.56 Å². The predicted molar refractivity (Wildman–Crippen MR) is 95.8 cm³/mol. The Hall–Kier alpha value is -3.06. The van der Waals surface area contributed by atoms with Crippen molar-refractivity contribution in [2.24, 2.45) is 0 Å². The van der Waals surface area contributed by atoms with E-state index in [4.69, 9.17) is 6.42 Å². The van der Waals surface area contributed by atoms with Gasteiger partial charge in [-0.05, 0) is 43.3 Å². The van der Waals surface area contributed by atoms with Crippen molar-refractivity contribution in [2.75, 3.05) is 0 Å². The lowest BCUT2D eigenvalue weighted by Crippen LogP contribution is -2.25. The maximum Gasteiger partial charge on any atom is 0.265 e. The molecule has 0 atom stereocenters. The minimum Gasteiger partial charge on any atom is -0.508 e. The quantitative estimate of drug-likeness (QED) is 0.736. The van der Waals surface area contributed by atoms with E-state index < -0.39 is 0 Å². The molecule has 1 aromatic heterocycles. The van der Waals surface area contributed by atoms with Crippen molar-refractivity contribution in [3.63, 3.8) is 0 Å². The lowest BCUT2D eigenvalue weighted by molar-refractivity contribution is 0.472. The molecule has 24 heavy (non-hydrogen) atoms. The molecule has 4 nitrogen and oxygen atoms in total. The monoisotopic (exact) mass is 318 g/mol. The van der Waals surface area contributed by atoms with E-state index in [0.29, 0.717) is 22.3 Å². The molecule has 1 N–H and O–H groups in total. The lowest BCUT2D eigenvalue weighted by atomic mass is 10.1. The first-order valence-corrected chi connectivity index (χ1v) is 7.76. The molecule has 1 heterocycles. The van der Waals surface area contributed by atoms with Crippen LogP contribution in [0.25, 0.3) is 16.6 Å². The molecule has 2 aromatic carbocycles. The summed E-state index contributed by atoms with van der Waals surface area (Å²) in [5.41, 5.74) is 2.48. The molecule has 120 valence electrons. The third-order valence-electron chi connectivity index (χ3n) is 4.10. The number of hydrogen-bond acceptors (Lipinski definition) is 3. The first-order chi connectivity index (χ1) is 11.4. The van der Waals surface area contributed by atoms with Crippen LogP contribution in [0.2, 0.25) is 0 Å². The molecule has 3 aromatic rings. The van der Waals surface area contributed by atoms with Crippen molar-refractivity contribution in [1.82, 2.24) is 9.55 Å². The van der Waals surface area contributed by atoms with Gasteiger partial charge in [-0.3, -0.25) is 9.36 Å². The van der Waals surface area contributed by atoms with Gasteiger partial charge < -0.3 is 5.11 Å². The van der Waals surface area contributed by atoms with Gasteiger partial charge in [0.1, 0.15) is 11.6 Å². The van der Waals surface area contributed by atoms with Gasteiger partial charge in [-0.1, -0.05) is 19.8 Å². The summed E-state index contributed by atoms with van der Waals surface area (Å²) in [7, 11) is 0. The molecule has 0 bridgehead atoms. The summed E-state index contributed by atoms with van der Waals surface area (Å²) >= 11 is 0. The van der Waals surface area contributed by atoms with E-state index in [0.717, 1.165) is 11.3 Å². The average Bonchev–Trinajstić information content (AvgIpc) is 2.58. The molecule has 0 saturated heterocycles. The number of phenolic OH excluding ortho intramolecular Hbond substituents is 1. The second-order valence-corrected chi connectivity index (χ2v) is 6.06. The van der Waals surface area contributed by atoms with Crippen LogP contribution in [-0.2, 0) is 0 Å². The van der Waals surface area contributed by atoms with Gasteiger partial charge in [-0.15, -0.1) is 6.42 Å². The number of benzene rings is 2. The van der Waals surface area contributed by atoms with Crippen LogP contribution in [0.5, 0.6) is 5.75 Å². The fraction of sp³-hybridized carbons (Fsp3) is 0.200. The molecule has 0 aliphatic carbocycles. The fourth-order valence-corrected chi connectivity index (χ4v) is 2.74. The van der Waals surface area contributed by atoms with Crippen molar-refractivity contribution >= 4 is 10.9 Å². The van der Waals surface area contributed by atoms with Crippen LogP contribution >= 0.6 is 0 Å². The maximum atomic E-state index is 13.1. The van der Waals surface area contributed by atoms with Crippen molar-refractivity contribution < 1.29 is 5.11 Å². The SMILES string of the molecule is C#Cc1ccc(-n2c(C(C)C)nc3c(C)c(O)ccc3c2=O)cc1. The highest BCUT2D eigenvalue weighted by molar-refractivity contribution is 5.83. The minimum absolute atomic E-state index is 0.0381. The molecule has 0 radical (unpaired) electrons. The lowest BCUT2D eigenvalue weighted by Gasteiger charge is -2.17. The Kier molecular flexibility index (Phi) is 3.86. The van der Waals surface area contributed by atoms with Crippen LogP contribution in [0.15, 0.2) is 41.2 Å². The zero-order valence-electron chi connectivity index (χ0n) is 13.9. The summed E-state index contributed by atoms with van der Waals surface area (Å²) in [5.74, 6) is 3.40. The van der Waals surface area contributed by atoms with Crippen LogP contribution in [0, 0.1) is 19.3 Å². The number of phenols is 1. The maximum absolute atomic E-state index is 13.1. The molecule has 0 saturated carbocycles. The Balaban J connectivity index is 2.40. The number of fused-ring (bicyclic) bond motifs is 1. The van der Waals surface area contributed by atoms with E-state index in [1.165, 1.54) is 6.07 Å². The van der Waals surface area contributed by atoms with Gasteiger partial charge in [-0.2, -0.15) is 0 Å². The molecular formula is C20H18N2O2. The number of aryl methyl sites for hydroxylation is 1. The Bertz CT molecular complexity index is 1020. The molecule has 0 aliphatic heterocycles. The summed E-state index contributed by atoms with van der Waals surface area (Å²) in [6, 6.07) is 10.4. The van der Waals surface area contributed by atoms with Crippen LogP contribution in [0.3, 0.4) is 0 Å². The van der Waals surface area contributed by atoms with Gasteiger partial charge in [-0.25, -0.2) is 4.98 Å². The molecule has 0 unspecified atom stereocenters. The van der Waals surface area contributed by atoms with E-state index >= 15 is 0 Å². The van der Waals surface area contributed by atoms with E-state index in [1.807, 2.05) is 26.0 Å². The Morgan fingerprint density at radius 3 is 2.42 bits per heavy atom. The fourth-order valence-electron chi connectivity index (χ4n) is 2.74. The number of terminal acetylenes is 1. The van der Waals surface area contributed by atoms with E-state index in [-0.39, 0.29) is 17.2 Å². The standard InChI is InChI=1S/C20H18N2O2/c1-5-14-6-8-15(9-7-14)22-19(12(2)3)21-18-13(4)17(23)11-10-16(18)20(22)24/h1,6-12,23H,2-4H3. The smallest absolute Gasteiger partial charge is 0.265 e. The van der Waals surface area contributed by atoms with Crippen LogP contribution < -0.4 is 5.56 Å². The third kappa shape index (κ3) is 2.44. The number of hydrogen-bond donors (Lipinski definition) is 1. The molecule has 4 heteroatoms. The van der Waals surface area contributed by atoms with Crippen LogP contribution in [0.1, 0.15) is 36.7 Å². The first-order valence-electron chi connectivity index (χ1n) is 7.76. The normalized spacial score (nSPS) is 11.0. The van der Waals surface area contributed by atoms with Gasteiger partial charge in [0.2, 0.25) is 0 Å². The number of aromatic nitrogens is 2. The highest BCUT2D eigenvalue weighted by Gasteiger charge is 2.17. The summed E-state index contributed by atoms with van der Waals surface area (Å²) in [5, 5.41) is 10.4. The van der Waals surface area contributed by atoms with Gasteiger partial charge in [0.05, 0.1) is 16.6 Å². The highest BCUT2D eigenvalue weighted by atomic mass is 16.3. The number of rotatable bonds is 2. The average molecular weight is 318 g/mol. The van der Waals surface area contributed by atoms with E-state index in [1.54, 1.807) is 29.7 Å². The first kappa shape index (κ1) is 15.8. The topological polar surface area (TPSA) is 55.1 Å². The van der Waals surface area contributed by atoms with E-state index in [2.05, 4.69) is 10.9 Å². The zero-order chi connectivity index (χ0) is 17.4. The Morgan fingerprint density at radius 2 is 1.83 bits per heavy atom. The van der Waals surface area contributed by atoms with Gasteiger partial charge in [0, 0.05) is 17.0 Å². The zero-order valence-corrected chi connectivity index (χ0v) is 13.9. The number of nitrogens with zero attached hydrogens (tertiary/aromatic N) is 2. The summed E-state index contributed by atoms with van der Waals surface area (Å²) in [6.45, 7) is 5.73. The molecule has 0 amide bonds. The van der Waals surface area contributed by atoms with Crippen molar-refractivity contribution in [1.29, 1.82) is 0 Å². The van der Waals surface area contributed by atoms with Crippen molar-refractivity contribution in [3.8, 4) is 23.8 Å². The molecule has 3 rings (SSSR count). The van der Waals surface area contributed by atoms with E-state index in [9.17, 15) is 9.90 Å². The molecule has 0 aliphatic rings. The summed E-state index contributed by atoms with van der Waals surface area (Å²) in [6.07, 6.45) is 5.40. The van der Waals surface area contributed by atoms with Gasteiger partial charge in [0.15, 0.2) is 0 Å². The molecule has 0 spiro atoms. The molecular weight excluding hydrogens is 300 g/mol.